The van der Waals surface area contributed by atoms with Crippen LogP contribution in [0.3, 0.4) is 0 Å². The van der Waals surface area contributed by atoms with E-state index in [9.17, 15) is 13.6 Å². The summed E-state index contributed by atoms with van der Waals surface area (Å²) in [7, 11) is 0. The van der Waals surface area contributed by atoms with Crippen LogP contribution in [0.25, 0.3) is 0 Å². The Labute approximate surface area is 113 Å². The second-order valence-electron chi connectivity index (χ2n) is 3.86. The lowest BCUT2D eigenvalue weighted by atomic mass is 10.2. The molecule has 1 aromatic heterocycles. The summed E-state index contributed by atoms with van der Waals surface area (Å²) in [6.07, 6.45) is 1.28. The van der Waals surface area contributed by atoms with E-state index in [1.54, 1.807) is 6.92 Å². The number of carbonyl (C=O) groups is 1. The molecule has 0 spiro atoms. The molecule has 0 aliphatic rings. The highest BCUT2D eigenvalue weighted by molar-refractivity contribution is 6.34. The van der Waals surface area contributed by atoms with E-state index in [1.807, 2.05) is 0 Å². The summed E-state index contributed by atoms with van der Waals surface area (Å²) in [6.45, 7) is 1.72. The summed E-state index contributed by atoms with van der Waals surface area (Å²) in [5.41, 5.74) is 0.496. The van der Waals surface area contributed by atoms with Crippen LogP contribution in [0, 0.1) is 18.6 Å². The Morgan fingerprint density at radius 2 is 2.11 bits per heavy atom. The molecule has 0 fully saturated rings. The van der Waals surface area contributed by atoms with Gasteiger partial charge in [-0.15, -0.1) is 0 Å². The van der Waals surface area contributed by atoms with Crippen LogP contribution in [-0.4, -0.2) is 10.9 Å². The van der Waals surface area contributed by atoms with E-state index in [2.05, 4.69) is 10.3 Å². The maximum absolute atomic E-state index is 13.4. The fourth-order valence-electron chi connectivity index (χ4n) is 1.48. The van der Waals surface area contributed by atoms with Crippen molar-refractivity contribution in [2.24, 2.45) is 0 Å². The van der Waals surface area contributed by atoms with Crippen molar-refractivity contribution in [3.8, 4) is 0 Å². The number of amides is 1. The number of hydrogen-bond acceptors (Lipinski definition) is 2. The molecule has 0 aliphatic carbocycles. The Hall–Kier alpha value is -2.01. The zero-order valence-corrected chi connectivity index (χ0v) is 10.6. The fourth-order valence-corrected chi connectivity index (χ4v) is 1.78. The Bertz CT molecular complexity index is 647. The predicted molar refractivity (Wildman–Crippen MR) is 68.3 cm³/mol. The molecule has 0 bridgehead atoms. The number of aryl methyl sites for hydroxylation is 1. The molecular weight excluding hydrogens is 274 g/mol. The predicted octanol–water partition coefficient (Wildman–Crippen LogP) is 3.57. The standard InChI is InChI=1S/C13H9ClF2N2O/c1-7-5-9(14)8(6-17-7)13(19)18-11-4-2-3-10(15)12(11)16/h2-6H,1H3,(H,18,19). The van der Waals surface area contributed by atoms with Gasteiger partial charge in [0.1, 0.15) is 0 Å². The molecular formula is C13H9ClF2N2O. The molecule has 0 unspecified atom stereocenters. The molecule has 0 saturated heterocycles. The molecule has 1 amide bonds. The van der Waals surface area contributed by atoms with E-state index in [4.69, 9.17) is 11.6 Å². The van der Waals surface area contributed by atoms with Gasteiger partial charge in [-0.2, -0.15) is 0 Å². The van der Waals surface area contributed by atoms with Crippen molar-refractivity contribution in [2.45, 2.75) is 6.92 Å². The van der Waals surface area contributed by atoms with E-state index < -0.39 is 17.5 Å². The van der Waals surface area contributed by atoms with Gasteiger partial charge in [0.25, 0.3) is 5.91 Å². The zero-order valence-electron chi connectivity index (χ0n) is 9.88. The maximum Gasteiger partial charge on any atom is 0.258 e. The molecule has 2 rings (SSSR count). The normalized spacial score (nSPS) is 10.3. The van der Waals surface area contributed by atoms with Crippen molar-refractivity contribution in [1.82, 2.24) is 4.98 Å². The third-order valence-corrected chi connectivity index (χ3v) is 2.75. The van der Waals surface area contributed by atoms with Crippen molar-refractivity contribution < 1.29 is 13.6 Å². The zero-order chi connectivity index (χ0) is 14.0. The monoisotopic (exact) mass is 282 g/mol. The van der Waals surface area contributed by atoms with Crippen LogP contribution < -0.4 is 5.32 Å². The van der Waals surface area contributed by atoms with Crippen LogP contribution in [0.2, 0.25) is 5.02 Å². The van der Waals surface area contributed by atoms with Crippen molar-refractivity contribution in [1.29, 1.82) is 0 Å². The second-order valence-corrected chi connectivity index (χ2v) is 4.27. The average Bonchev–Trinajstić information content (AvgIpc) is 2.34. The first-order valence-electron chi connectivity index (χ1n) is 5.36. The molecule has 2 aromatic rings. The number of rotatable bonds is 2. The van der Waals surface area contributed by atoms with Crippen LogP contribution in [0.1, 0.15) is 16.1 Å². The average molecular weight is 283 g/mol. The maximum atomic E-state index is 13.4. The number of nitrogens with zero attached hydrogens (tertiary/aromatic N) is 1. The first kappa shape index (κ1) is 13.4. The van der Waals surface area contributed by atoms with Crippen LogP contribution in [0.4, 0.5) is 14.5 Å². The van der Waals surface area contributed by atoms with E-state index in [0.29, 0.717) is 5.69 Å². The van der Waals surface area contributed by atoms with E-state index in [0.717, 1.165) is 6.07 Å². The smallest absolute Gasteiger partial charge is 0.258 e. The summed E-state index contributed by atoms with van der Waals surface area (Å²) < 4.78 is 26.4. The highest BCUT2D eigenvalue weighted by Crippen LogP contribution is 2.20. The summed E-state index contributed by atoms with van der Waals surface area (Å²) in [6, 6.07) is 5.03. The Balaban J connectivity index is 2.28. The van der Waals surface area contributed by atoms with Gasteiger partial charge < -0.3 is 5.32 Å². The van der Waals surface area contributed by atoms with Crippen LogP contribution in [-0.2, 0) is 0 Å². The molecule has 98 valence electrons. The first-order valence-corrected chi connectivity index (χ1v) is 5.74. The van der Waals surface area contributed by atoms with Crippen molar-refractivity contribution in [3.63, 3.8) is 0 Å². The lowest BCUT2D eigenvalue weighted by Gasteiger charge is -2.08. The van der Waals surface area contributed by atoms with E-state index in [1.165, 1.54) is 24.4 Å². The van der Waals surface area contributed by atoms with Crippen molar-refractivity contribution in [3.05, 3.63) is 58.4 Å². The first-order chi connectivity index (χ1) is 8.99. The van der Waals surface area contributed by atoms with Gasteiger partial charge in [0, 0.05) is 11.9 Å². The largest absolute Gasteiger partial charge is 0.319 e. The fraction of sp³-hybridized carbons (Fsp3) is 0.0769. The minimum absolute atomic E-state index is 0.0935. The van der Waals surface area contributed by atoms with Crippen LogP contribution >= 0.6 is 11.6 Å². The molecule has 0 atom stereocenters. The van der Waals surface area contributed by atoms with Gasteiger partial charge in [0.15, 0.2) is 11.6 Å². The Kier molecular flexibility index (Phi) is 3.76. The number of nitrogens with one attached hydrogen (secondary N) is 1. The van der Waals surface area contributed by atoms with Gasteiger partial charge in [-0.3, -0.25) is 9.78 Å². The van der Waals surface area contributed by atoms with Crippen molar-refractivity contribution >= 4 is 23.2 Å². The Morgan fingerprint density at radius 3 is 2.79 bits per heavy atom. The van der Waals surface area contributed by atoms with Gasteiger partial charge in [-0.1, -0.05) is 17.7 Å². The summed E-state index contributed by atoms with van der Waals surface area (Å²) in [5.74, 6) is -2.81. The van der Waals surface area contributed by atoms with E-state index in [-0.39, 0.29) is 16.3 Å². The highest BCUT2D eigenvalue weighted by atomic mass is 35.5. The molecule has 1 aromatic carbocycles. The third kappa shape index (κ3) is 2.88. The van der Waals surface area contributed by atoms with Crippen LogP contribution in [0.15, 0.2) is 30.5 Å². The van der Waals surface area contributed by atoms with E-state index >= 15 is 0 Å². The molecule has 0 aliphatic heterocycles. The number of carbonyl (C=O) groups excluding carboxylic acids is 1. The molecule has 3 nitrogen and oxygen atoms in total. The van der Waals surface area contributed by atoms with Gasteiger partial charge in [-0.25, -0.2) is 8.78 Å². The number of anilines is 1. The third-order valence-electron chi connectivity index (χ3n) is 2.43. The SMILES string of the molecule is Cc1cc(Cl)c(C(=O)Nc2cccc(F)c2F)cn1. The molecule has 1 heterocycles. The minimum Gasteiger partial charge on any atom is -0.319 e. The molecule has 1 N–H and O–H groups in total. The lowest BCUT2D eigenvalue weighted by Crippen LogP contribution is -2.14. The van der Waals surface area contributed by atoms with Gasteiger partial charge >= 0.3 is 0 Å². The summed E-state index contributed by atoms with van der Waals surface area (Å²) in [4.78, 5) is 15.8. The molecule has 6 heteroatoms. The highest BCUT2D eigenvalue weighted by Gasteiger charge is 2.15. The topological polar surface area (TPSA) is 42.0 Å². The number of benzene rings is 1. The minimum atomic E-state index is -1.12. The summed E-state index contributed by atoms with van der Waals surface area (Å²) >= 11 is 5.89. The van der Waals surface area contributed by atoms with Crippen molar-refractivity contribution in [2.75, 3.05) is 5.32 Å². The summed E-state index contributed by atoms with van der Waals surface area (Å²) in [5, 5.41) is 2.45. The number of halogens is 3. The number of aromatic nitrogens is 1. The quantitative estimate of drug-likeness (QED) is 0.915. The molecule has 19 heavy (non-hydrogen) atoms. The van der Waals surface area contributed by atoms with Gasteiger partial charge in [0.2, 0.25) is 0 Å². The van der Waals surface area contributed by atoms with Crippen LogP contribution in [0.5, 0.6) is 0 Å². The number of pyridine rings is 1. The van der Waals surface area contributed by atoms with Gasteiger partial charge in [0.05, 0.1) is 16.3 Å². The Morgan fingerprint density at radius 1 is 1.37 bits per heavy atom. The number of hydrogen-bond donors (Lipinski definition) is 1. The second kappa shape index (κ2) is 5.32. The van der Waals surface area contributed by atoms with Gasteiger partial charge in [-0.05, 0) is 25.1 Å². The molecule has 0 radical (unpaired) electrons. The molecule has 0 saturated carbocycles. The lowest BCUT2D eigenvalue weighted by molar-refractivity contribution is 0.102.